The summed E-state index contributed by atoms with van der Waals surface area (Å²) in [7, 11) is 0. The van der Waals surface area contributed by atoms with Crippen molar-refractivity contribution in [2.45, 2.75) is 26.2 Å². The summed E-state index contributed by atoms with van der Waals surface area (Å²) in [6, 6.07) is 6.56. The Morgan fingerprint density at radius 1 is 1.33 bits per heavy atom. The maximum atomic E-state index is 13.8. The van der Waals surface area contributed by atoms with Crippen molar-refractivity contribution in [2.75, 3.05) is 31.1 Å². The summed E-state index contributed by atoms with van der Waals surface area (Å²) in [5.74, 6) is 0.948. The summed E-state index contributed by atoms with van der Waals surface area (Å²) in [5.41, 5.74) is 1.26. The molecule has 6 nitrogen and oxygen atoms in total. The second-order valence-electron chi connectivity index (χ2n) is 7.19. The van der Waals surface area contributed by atoms with Gasteiger partial charge < -0.3 is 14.2 Å². The Morgan fingerprint density at radius 2 is 2.07 bits per heavy atom. The number of hydrogen-bond donors (Lipinski definition) is 0. The summed E-state index contributed by atoms with van der Waals surface area (Å²) < 4.78 is 19.6. The van der Waals surface area contributed by atoms with Crippen LogP contribution in [0, 0.1) is 30.0 Å². The van der Waals surface area contributed by atoms with Crippen molar-refractivity contribution in [3.8, 4) is 6.07 Å². The quantitative estimate of drug-likeness (QED) is 0.830. The van der Waals surface area contributed by atoms with Crippen LogP contribution in [0.25, 0.3) is 0 Å². The van der Waals surface area contributed by atoms with E-state index >= 15 is 0 Å². The molecular weight excluding hydrogens is 347 g/mol. The van der Waals surface area contributed by atoms with E-state index < -0.39 is 5.82 Å². The van der Waals surface area contributed by atoms with Gasteiger partial charge in [-0.3, -0.25) is 4.79 Å². The van der Waals surface area contributed by atoms with E-state index in [4.69, 9.17) is 4.42 Å². The van der Waals surface area contributed by atoms with Gasteiger partial charge in [0.15, 0.2) is 5.89 Å². The Kier molecular flexibility index (Phi) is 4.56. The molecule has 140 valence electrons. The van der Waals surface area contributed by atoms with E-state index in [9.17, 15) is 14.4 Å². The summed E-state index contributed by atoms with van der Waals surface area (Å²) in [6.45, 7) is 3.84. The topological polar surface area (TPSA) is 73.4 Å². The molecular formula is C20H21FN4O2. The number of hydrogen-bond acceptors (Lipinski definition) is 5. The van der Waals surface area contributed by atoms with E-state index in [1.165, 1.54) is 18.9 Å². The lowest BCUT2D eigenvalue weighted by Crippen LogP contribution is -2.49. The van der Waals surface area contributed by atoms with Gasteiger partial charge in [0.25, 0.3) is 5.91 Å². The fourth-order valence-corrected chi connectivity index (χ4v) is 3.49. The molecule has 1 amide bonds. The number of halogens is 1. The zero-order valence-corrected chi connectivity index (χ0v) is 15.2. The van der Waals surface area contributed by atoms with Crippen LogP contribution >= 0.6 is 0 Å². The summed E-state index contributed by atoms with van der Waals surface area (Å²) in [5, 5.41) is 9.22. The van der Waals surface area contributed by atoms with Gasteiger partial charge in [-0.2, -0.15) is 5.26 Å². The molecule has 1 saturated heterocycles. The number of aryl methyl sites for hydroxylation is 1. The molecule has 2 heterocycles. The van der Waals surface area contributed by atoms with Gasteiger partial charge in [-0.1, -0.05) is 6.07 Å². The molecule has 2 aliphatic rings. The number of oxazole rings is 1. The molecule has 0 spiro atoms. The van der Waals surface area contributed by atoms with E-state index in [1.54, 1.807) is 24.0 Å². The second-order valence-corrected chi connectivity index (χ2v) is 7.19. The molecule has 1 aliphatic carbocycles. The zero-order valence-electron chi connectivity index (χ0n) is 15.2. The third-order valence-electron chi connectivity index (χ3n) is 5.21. The Labute approximate surface area is 157 Å². The Morgan fingerprint density at radius 3 is 2.74 bits per heavy atom. The molecule has 0 N–H and O–H groups in total. The number of nitrogens with zero attached hydrogens (tertiary/aromatic N) is 4. The van der Waals surface area contributed by atoms with Crippen LogP contribution in [0.5, 0.6) is 0 Å². The van der Waals surface area contributed by atoms with Crippen LogP contribution in [0.1, 0.15) is 40.5 Å². The highest BCUT2D eigenvalue weighted by atomic mass is 19.1. The first-order chi connectivity index (χ1) is 13.1. The van der Waals surface area contributed by atoms with Crippen molar-refractivity contribution < 1.29 is 13.6 Å². The van der Waals surface area contributed by atoms with Gasteiger partial charge in [-0.05, 0) is 37.8 Å². The lowest BCUT2D eigenvalue weighted by atomic mass is 10.1. The molecule has 1 saturated carbocycles. The van der Waals surface area contributed by atoms with Gasteiger partial charge in [-0.25, -0.2) is 9.37 Å². The van der Waals surface area contributed by atoms with Crippen molar-refractivity contribution in [2.24, 2.45) is 5.92 Å². The minimum absolute atomic E-state index is 0.0491. The molecule has 4 rings (SSSR count). The number of benzene rings is 1. The van der Waals surface area contributed by atoms with Crippen LogP contribution in [-0.4, -0.2) is 42.0 Å². The van der Waals surface area contributed by atoms with Crippen LogP contribution in [0.4, 0.5) is 10.1 Å². The molecule has 1 aliphatic heterocycles. The lowest BCUT2D eigenvalue weighted by Gasteiger charge is -2.36. The highest BCUT2D eigenvalue weighted by molar-refractivity contribution is 5.92. The largest absolute Gasteiger partial charge is 0.435 e. The van der Waals surface area contributed by atoms with Gasteiger partial charge in [0.05, 0.1) is 11.4 Å². The Hall–Kier alpha value is -2.88. The number of amides is 1. The Balaban J connectivity index is 1.43. The minimum Gasteiger partial charge on any atom is -0.435 e. The molecule has 1 aromatic carbocycles. The average molecular weight is 368 g/mol. The monoisotopic (exact) mass is 368 g/mol. The van der Waals surface area contributed by atoms with Gasteiger partial charge in [0.2, 0.25) is 5.76 Å². The van der Waals surface area contributed by atoms with E-state index in [0.29, 0.717) is 55.1 Å². The van der Waals surface area contributed by atoms with Crippen LogP contribution in [-0.2, 0) is 6.42 Å². The van der Waals surface area contributed by atoms with Crippen molar-refractivity contribution in [1.82, 2.24) is 9.88 Å². The molecule has 0 radical (unpaired) electrons. The summed E-state index contributed by atoms with van der Waals surface area (Å²) in [4.78, 5) is 20.9. The number of aromatic nitrogens is 1. The van der Waals surface area contributed by atoms with Crippen molar-refractivity contribution >= 4 is 11.6 Å². The van der Waals surface area contributed by atoms with E-state index in [0.717, 1.165) is 6.42 Å². The third-order valence-corrected chi connectivity index (χ3v) is 5.21. The molecule has 7 heteroatoms. The molecule has 27 heavy (non-hydrogen) atoms. The first-order valence-corrected chi connectivity index (χ1v) is 9.26. The molecule has 0 unspecified atom stereocenters. The standard InChI is InChI=1S/C20H21FN4O2/c1-13-19(27-18(23-13)11-14-5-6-14)20(26)25-9-7-24(8-10-25)17-4-2-3-16(21)15(17)12-22/h2-4,14H,5-11H2,1H3. The molecule has 2 aromatic rings. The fourth-order valence-electron chi connectivity index (χ4n) is 3.49. The van der Waals surface area contributed by atoms with Gasteiger partial charge in [-0.15, -0.1) is 0 Å². The van der Waals surface area contributed by atoms with Crippen LogP contribution in [0.3, 0.4) is 0 Å². The minimum atomic E-state index is -0.519. The zero-order chi connectivity index (χ0) is 19.0. The maximum absolute atomic E-state index is 13.8. The molecule has 0 bridgehead atoms. The van der Waals surface area contributed by atoms with Crippen LogP contribution < -0.4 is 4.90 Å². The van der Waals surface area contributed by atoms with Crippen LogP contribution in [0.2, 0.25) is 0 Å². The smallest absolute Gasteiger partial charge is 0.291 e. The predicted octanol–water partition coefficient (Wildman–Crippen LogP) is 2.91. The Bertz CT molecular complexity index is 905. The number of rotatable bonds is 4. The summed E-state index contributed by atoms with van der Waals surface area (Å²) in [6.07, 6.45) is 3.22. The number of piperazine rings is 1. The SMILES string of the molecule is Cc1nc(CC2CC2)oc1C(=O)N1CCN(c2cccc(F)c2C#N)CC1. The molecule has 2 fully saturated rings. The highest BCUT2D eigenvalue weighted by Gasteiger charge is 2.29. The average Bonchev–Trinajstić information content (AvgIpc) is 3.41. The first-order valence-electron chi connectivity index (χ1n) is 9.26. The van der Waals surface area contributed by atoms with Crippen molar-refractivity contribution in [3.63, 3.8) is 0 Å². The lowest BCUT2D eigenvalue weighted by molar-refractivity contribution is 0.0711. The van der Waals surface area contributed by atoms with E-state index in [1.807, 2.05) is 11.0 Å². The molecule has 0 atom stereocenters. The fraction of sp³-hybridized carbons (Fsp3) is 0.450. The van der Waals surface area contributed by atoms with Crippen LogP contribution in [0.15, 0.2) is 22.6 Å². The number of carbonyl (C=O) groups is 1. The summed E-state index contributed by atoms with van der Waals surface area (Å²) >= 11 is 0. The van der Waals surface area contributed by atoms with Gasteiger partial charge >= 0.3 is 0 Å². The maximum Gasteiger partial charge on any atom is 0.291 e. The normalized spacial score (nSPS) is 17.1. The van der Waals surface area contributed by atoms with E-state index in [-0.39, 0.29) is 11.5 Å². The molecule has 1 aromatic heterocycles. The first kappa shape index (κ1) is 17.5. The second kappa shape index (κ2) is 7.03. The van der Waals surface area contributed by atoms with Gasteiger partial charge in [0, 0.05) is 32.6 Å². The number of nitriles is 1. The number of carbonyl (C=O) groups excluding carboxylic acids is 1. The predicted molar refractivity (Wildman–Crippen MR) is 96.9 cm³/mol. The van der Waals surface area contributed by atoms with Crippen molar-refractivity contribution in [3.05, 3.63) is 46.9 Å². The van der Waals surface area contributed by atoms with E-state index in [2.05, 4.69) is 4.98 Å². The number of anilines is 1. The van der Waals surface area contributed by atoms with Crippen molar-refractivity contribution in [1.29, 1.82) is 5.26 Å². The third kappa shape index (κ3) is 3.52. The highest BCUT2D eigenvalue weighted by Crippen LogP contribution is 2.33. The van der Waals surface area contributed by atoms with Gasteiger partial charge in [0.1, 0.15) is 17.4 Å².